The molecule has 0 aliphatic heterocycles. The van der Waals surface area contributed by atoms with Gasteiger partial charge in [-0.1, -0.05) is 351 Å². The fraction of sp³-hybridized carbons (Fsp3) is 0.870. The smallest absolute Gasteiger partial charge is 0.305 e. The van der Waals surface area contributed by atoms with Crippen LogP contribution in [0.4, 0.5) is 0 Å². The van der Waals surface area contributed by atoms with E-state index in [9.17, 15) is 19.8 Å². The quantitative estimate of drug-likeness (QED) is 0.0320. The molecule has 6 heteroatoms. The fourth-order valence-electron chi connectivity index (χ4n) is 11.6. The second-order valence-corrected chi connectivity index (χ2v) is 25.6. The van der Waals surface area contributed by atoms with E-state index >= 15 is 0 Å². The van der Waals surface area contributed by atoms with Crippen molar-refractivity contribution in [3.63, 3.8) is 0 Å². The number of carbonyl (C=O) groups excluding carboxylic acids is 2. The molecule has 0 aliphatic carbocycles. The van der Waals surface area contributed by atoms with Gasteiger partial charge in [-0.15, -0.1) is 0 Å². The number of allylic oxidation sites excluding steroid dienone is 7. The van der Waals surface area contributed by atoms with Crippen LogP contribution in [-0.4, -0.2) is 47.4 Å². The van der Waals surface area contributed by atoms with Crippen molar-refractivity contribution in [1.29, 1.82) is 0 Å². The van der Waals surface area contributed by atoms with E-state index in [0.29, 0.717) is 19.4 Å². The molecule has 6 nitrogen and oxygen atoms in total. The van der Waals surface area contributed by atoms with Gasteiger partial charge in [0.15, 0.2) is 0 Å². The zero-order chi connectivity index (χ0) is 59.9. The van der Waals surface area contributed by atoms with E-state index in [-0.39, 0.29) is 18.5 Å². The second-order valence-electron chi connectivity index (χ2n) is 25.6. The van der Waals surface area contributed by atoms with Gasteiger partial charge in [-0.3, -0.25) is 9.59 Å². The minimum Gasteiger partial charge on any atom is -0.466 e. The Morgan fingerprint density at radius 2 is 0.602 bits per heavy atom. The van der Waals surface area contributed by atoms with E-state index in [0.717, 1.165) is 51.4 Å². The molecule has 2 unspecified atom stereocenters. The van der Waals surface area contributed by atoms with Gasteiger partial charge in [-0.05, 0) is 89.9 Å². The first kappa shape index (κ1) is 80.8. The third-order valence-electron chi connectivity index (χ3n) is 17.3. The van der Waals surface area contributed by atoms with Crippen molar-refractivity contribution in [2.45, 2.75) is 418 Å². The zero-order valence-electron chi connectivity index (χ0n) is 55.9. The highest BCUT2D eigenvalue weighted by molar-refractivity contribution is 5.76. The standard InChI is InChI=1S/C77H145NO5/c1-3-5-7-9-11-13-15-17-18-40-43-46-49-53-57-61-65-69-75(80)74(73-79)78-76(81)70-66-62-58-54-50-47-44-41-38-36-34-32-30-28-26-24-22-20-19-21-23-25-27-29-31-33-35-37-39-42-45-48-52-56-60-64-68-72-83-77(82)71-67-63-59-55-51-16-14-12-10-8-6-4-2/h12,14,19,21,25,27,65,69,74-75,79-80H,3-11,13,15-18,20,22-24,26,28-64,66-68,70-73H2,1-2H3,(H,78,81)/b14-12-,21-19-,27-25-,69-65+. The van der Waals surface area contributed by atoms with Crippen LogP contribution in [0.25, 0.3) is 0 Å². The Balaban J connectivity index is 3.38. The van der Waals surface area contributed by atoms with Crippen LogP contribution in [0.3, 0.4) is 0 Å². The Kier molecular flexibility index (Phi) is 70.4. The van der Waals surface area contributed by atoms with Crippen LogP contribution >= 0.6 is 0 Å². The Labute approximate surface area is 518 Å². The summed E-state index contributed by atoms with van der Waals surface area (Å²) in [6.45, 7) is 4.91. The summed E-state index contributed by atoms with van der Waals surface area (Å²) in [5.74, 6) is -0.0539. The number of hydrogen-bond donors (Lipinski definition) is 3. The van der Waals surface area contributed by atoms with Crippen LogP contribution in [0, 0.1) is 0 Å². The average Bonchev–Trinajstić information content (AvgIpc) is 3.49. The van der Waals surface area contributed by atoms with Gasteiger partial charge >= 0.3 is 5.97 Å². The van der Waals surface area contributed by atoms with Crippen LogP contribution in [0.15, 0.2) is 48.6 Å². The first-order valence-electron chi connectivity index (χ1n) is 37.4. The highest BCUT2D eigenvalue weighted by atomic mass is 16.5. The maximum atomic E-state index is 12.5. The van der Waals surface area contributed by atoms with Gasteiger partial charge in [0.2, 0.25) is 5.91 Å². The molecule has 0 bridgehead atoms. The molecule has 0 radical (unpaired) electrons. The molecule has 488 valence electrons. The van der Waals surface area contributed by atoms with Gasteiger partial charge in [0.25, 0.3) is 0 Å². The number of aliphatic hydroxyl groups is 2. The molecule has 0 aromatic carbocycles. The number of esters is 1. The molecule has 0 rings (SSSR count). The summed E-state index contributed by atoms with van der Waals surface area (Å²) in [6, 6.07) is -0.626. The Hall–Kier alpha value is -2.18. The van der Waals surface area contributed by atoms with E-state index in [1.54, 1.807) is 6.08 Å². The molecule has 1 amide bonds. The van der Waals surface area contributed by atoms with Gasteiger partial charge in [-0.25, -0.2) is 0 Å². The van der Waals surface area contributed by atoms with E-state index < -0.39 is 12.1 Å². The lowest BCUT2D eigenvalue weighted by atomic mass is 10.0. The van der Waals surface area contributed by atoms with Crippen molar-refractivity contribution in [1.82, 2.24) is 5.32 Å². The molecular formula is C77H145NO5. The number of rotatable bonds is 70. The summed E-state index contributed by atoms with van der Waals surface area (Å²) in [6.07, 6.45) is 95.0. The number of hydrogen-bond acceptors (Lipinski definition) is 5. The summed E-state index contributed by atoms with van der Waals surface area (Å²) in [7, 11) is 0. The van der Waals surface area contributed by atoms with Crippen LogP contribution in [0.1, 0.15) is 406 Å². The molecule has 0 spiro atoms. The minimum atomic E-state index is -0.843. The van der Waals surface area contributed by atoms with Crippen LogP contribution in [0.2, 0.25) is 0 Å². The highest BCUT2D eigenvalue weighted by Crippen LogP contribution is 2.19. The number of amides is 1. The molecular weight excluding hydrogens is 1020 g/mol. The highest BCUT2D eigenvalue weighted by Gasteiger charge is 2.18. The Bertz CT molecular complexity index is 1390. The molecule has 0 heterocycles. The molecule has 3 N–H and O–H groups in total. The van der Waals surface area contributed by atoms with Crippen molar-refractivity contribution >= 4 is 11.9 Å². The lowest BCUT2D eigenvalue weighted by molar-refractivity contribution is -0.143. The van der Waals surface area contributed by atoms with E-state index in [2.05, 4.69) is 55.6 Å². The van der Waals surface area contributed by atoms with Gasteiger partial charge in [-0.2, -0.15) is 0 Å². The van der Waals surface area contributed by atoms with E-state index in [1.807, 2.05) is 6.08 Å². The fourth-order valence-corrected chi connectivity index (χ4v) is 11.6. The molecule has 0 saturated carbocycles. The number of ether oxygens (including phenoxy) is 1. The average molecular weight is 1170 g/mol. The topological polar surface area (TPSA) is 95.9 Å². The maximum Gasteiger partial charge on any atom is 0.305 e. The van der Waals surface area contributed by atoms with Gasteiger partial charge < -0.3 is 20.3 Å². The molecule has 0 aromatic rings. The largest absolute Gasteiger partial charge is 0.466 e. The molecule has 0 fully saturated rings. The SMILES string of the molecule is CCCCC/C=C\CCCCCCCC(=O)OCCCCCCCCCCCCCCC/C=C\C/C=C\CCCCCCCCCCCCCCCCCCCC(=O)NC(CO)C(O)/C=C/CCCCCCCCCCCCCCCCC. The number of carbonyl (C=O) groups is 2. The minimum absolute atomic E-state index is 0.00854. The first-order chi connectivity index (χ1) is 41.0. The first-order valence-corrected chi connectivity index (χ1v) is 37.4. The second kappa shape index (κ2) is 72.3. The summed E-state index contributed by atoms with van der Waals surface area (Å²) >= 11 is 0. The zero-order valence-corrected chi connectivity index (χ0v) is 55.9. The lowest BCUT2D eigenvalue weighted by Crippen LogP contribution is -2.45. The number of unbranched alkanes of at least 4 members (excludes halogenated alkanes) is 53. The third kappa shape index (κ3) is 68.8. The molecule has 83 heavy (non-hydrogen) atoms. The van der Waals surface area contributed by atoms with Gasteiger partial charge in [0.1, 0.15) is 0 Å². The third-order valence-corrected chi connectivity index (χ3v) is 17.3. The van der Waals surface area contributed by atoms with E-state index in [1.165, 1.54) is 327 Å². The predicted molar refractivity (Wildman–Crippen MR) is 366 cm³/mol. The van der Waals surface area contributed by atoms with Gasteiger partial charge in [0.05, 0.1) is 25.4 Å². The van der Waals surface area contributed by atoms with Gasteiger partial charge in [0, 0.05) is 12.8 Å². The van der Waals surface area contributed by atoms with Crippen LogP contribution in [-0.2, 0) is 14.3 Å². The summed E-state index contributed by atoms with van der Waals surface area (Å²) in [4.78, 5) is 24.5. The van der Waals surface area contributed by atoms with Crippen molar-refractivity contribution < 1.29 is 24.5 Å². The molecule has 0 saturated heterocycles. The summed E-state index contributed by atoms with van der Waals surface area (Å²) in [5, 5.41) is 23.2. The van der Waals surface area contributed by atoms with Crippen molar-refractivity contribution in [3.05, 3.63) is 48.6 Å². The Morgan fingerprint density at radius 3 is 0.952 bits per heavy atom. The summed E-state index contributed by atoms with van der Waals surface area (Å²) in [5.41, 5.74) is 0. The van der Waals surface area contributed by atoms with Crippen molar-refractivity contribution in [3.8, 4) is 0 Å². The number of aliphatic hydroxyl groups excluding tert-OH is 2. The molecule has 0 aliphatic rings. The Morgan fingerprint density at radius 1 is 0.337 bits per heavy atom. The van der Waals surface area contributed by atoms with Crippen molar-refractivity contribution in [2.24, 2.45) is 0 Å². The monoisotopic (exact) mass is 1160 g/mol. The van der Waals surface area contributed by atoms with Crippen LogP contribution in [0.5, 0.6) is 0 Å². The predicted octanol–water partition coefficient (Wildman–Crippen LogP) is 24.4. The summed E-state index contributed by atoms with van der Waals surface area (Å²) < 4.78 is 5.48. The van der Waals surface area contributed by atoms with E-state index in [4.69, 9.17) is 4.74 Å². The van der Waals surface area contributed by atoms with Crippen LogP contribution < -0.4 is 5.32 Å². The van der Waals surface area contributed by atoms with Crippen molar-refractivity contribution in [2.75, 3.05) is 13.2 Å². The maximum absolute atomic E-state index is 12.5. The normalized spacial score (nSPS) is 12.8. The number of nitrogens with one attached hydrogen (secondary N) is 1. The lowest BCUT2D eigenvalue weighted by Gasteiger charge is -2.20. The molecule has 2 atom stereocenters. The molecule has 0 aromatic heterocycles.